The summed E-state index contributed by atoms with van der Waals surface area (Å²) in [5.74, 6) is 0. The molecule has 1 atom stereocenters. The normalized spacial score (nSPS) is 12.8. The third kappa shape index (κ3) is 3.49. The first-order chi connectivity index (χ1) is 7.19. The Morgan fingerprint density at radius 2 is 2.20 bits per heavy atom. The fourth-order valence-electron chi connectivity index (χ4n) is 1.70. The molecule has 0 saturated heterocycles. The fourth-order valence-corrected chi connectivity index (χ4v) is 1.93. The van der Waals surface area contributed by atoms with Crippen molar-refractivity contribution in [2.75, 3.05) is 20.3 Å². The predicted octanol–water partition coefficient (Wildman–Crippen LogP) is 2.95. The Morgan fingerprint density at radius 3 is 2.73 bits per heavy atom. The number of hydrogen-bond acceptors (Lipinski definition) is 2. The summed E-state index contributed by atoms with van der Waals surface area (Å²) in [7, 11) is 1.72. The van der Waals surface area contributed by atoms with Gasteiger partial charge in [0.25, 0.3) is 0 Å². The Hall–Kier alpha value is -0.570. The van der Waals surface area contributed by atoms with Crippen LogP contribution < -0.4 is 5.32 Å². The fraction of sp³-hybridized carbons (Fsp3) is 0.500. The summed E-state index contributed by atoms with van der Waals surface area (Å²) < 4.78 is 5.20. The Morgan fingerprint density at radius 1 is 1.47 bits per heavy atom. The molecule has 1 aromatic carbocycles. The molecular weight excluding hydrogens is 210 g/mol. The molecule has 0 saturated carbocycles. The highest BCUT2D eigenvalue weighted by molar-refractivity contribution is 6.30. The van der Waals surface area contributed by atoms with Crippen molar-refractivity contribution in [2.45, 2.75) is 19.9 Å². The van der Waals surface area contributed by atoms with Crippen molar-refractivity contribution in [1.29, 1.82) is 0 Å². The second kappa shape index (κ2) is 6.11. The van der Waals surface area contributed by atoms with E-state index in [1.165, 1.54) is 11.1 Å². The van der Waals surface area contributed by atoms with Gasteiger partial charge < -0.3 is 10.1 Å². The molecule has 0 heterocycles. The van der Waals surface area contributed by atoms with Gasteiger partial charge in [0.05, 0.1) is 12.6 Å². The highest BCUT2D eigenvalue weighted by Gasteiger charge is 2.12. The first-order valence-electron chi connectivity index (χ1n) is 5.17. The Bertz CT molecular complexity index is 308. The van der Waals surface area contributed by atoms with Crippen LogP contribution in [0.4, 0.5) is 0 Å². The Kier molecular flexibility index (Phi) is 5.09. The van der Waals surface area contributed by atoms with Gasteiger partial charge in [0.1, 0.15) is 0 Å². The van der Waals surface area contributed by atoms with Crippen molar-refractivity contribution in [2.24, 2.45) is 0 Å². The molecule has 0 spiro atoms. The molecule has 1 rings (SSSR count). The van der Waals surface area contributed by atoms with Crippen LogP contribution in [0, 0.1) is 6.92 Å². The van der Waals surface area contributed by atoms with Crippen molar-refractivity contribution >= 4 is 11.6 Å². The van der Waals surface area contributed by atoms with Crippen molar-refractivity contribution < 1.29 is 4.74 Å². The van der Waals surface area contributed by atoms with Crippen LogP contribution in [0.1, 0.15) is 24.1 Å². The second-order valence-corrected chi connectivity index (χ2v) is 4.00. The van der Waals surface area contributed by atoms with Crippen LogP contribution in [-0.4, -0.2) is 20.3 Å². The van der Waals surface area contributed by atoms with E-state index in [1.807, 2.05) is 12.1 Å². The number of rotatable bonds is 5. The van der Waals surface area contributed by atoms with E-state index in [-0.39, 0.29) is 6.04 Å². The van der Waals surface area contributed by atoms with Gasteiger partial charge in [-0.15, -0.1) is 0 Å². The summed E-state index contributed by atoms with van der Waals surface area (Å²) in [4.78, 5) is 0. The summed E-state index contributed by atoms with van der Waals surface area (Å²) in [6.07, 6.45) is 0. The minimum absolute atomic E-state index is 0.247. The lowest BCUT2D eigenvalue weighted by Gasteiger charge is -2.19. The van der Waals surface area contributed by atoms with Crippen LogP contribution >= 0.6 is 11.6 Å². The molecule has 1 aromatic rings. The van der Waals surface area contributed by atoms with Crippen LogP contribution in [0.15, 0.2) is 18.2 Å². The zero-order valence-corrected chi connectivity index (χ0v) is 10.3. The molecule has 0 aliphatic carbocycles. The maximum atomic E-state index is 5.92. The molecule has 0 aromatic heterocycles. The average Bonchev–Trinajstić information content (AvgIpc) is 2.17. The lowest BCUT2D eigenvalue weighted by molar-refractivity contribution is 0.167. The Balaban J connectivity index is 2.89. The molecule has 0 bridgehead atoms. The van der Waals surface area contributed by atoms with Crippen molar-refractivity contribution in [3.8, 4) is 0 Å². The van der Waals surface area contributed by atoms with Gasteiger partial charge in [0.15, 0.2) is 0 Å². The van der Waals surface area contributed by atoms with Gasteiger partial charge in [-0.25, -0.2) is 0 Å². The molecule has 84 valence electrons. The van der Waals surface area contributed by atoms with Gasteiger partial charge >= 0.3 is 0 Å². The van der Waals surface area contributed by atoms with E-state index in [0.717, 1.165) is 11.6 Å². The molecular formula is C12H18ClNO. The van der Waals surface area contributed by atoms with Crippen LogP contribution in [0.3, 0.4) is 0 Å². The number of nitrogens with one attached hydrogen (secondary N) is 1. The lowest BCUT2D eigenvalue weighted by Crippen LogP contribution is -2.25. The number of likely N-dealkylation sites (N-methyl/N-ethyl adjacent to an activating group) is 1. The lowest BCUT2D eigenvalue weighted by atomic mass is 10.0. The van der Waals surface area contributed by atoms with Gasteiger partial charge in [-0.05, 0) is 36.7 Å². The molecule has 0 fully saturated rings. The van der Waals surface area contributed by atoms with Crippen LogP contribution in [-0.2, 0) is 4.74 Å². The minimum Gasteiger partial charge on any atom is -0.383 e. The molecule has 3 heteroatoms. The summed E-state index contributed by atoms with van der Waals surface area (Å²) in [6, 6.07) is 6.21. The summed E-state index contributed by atoms with van der Waals surface area (Å²) >= 11 is 5.92. The summed E-state index contributed by atoms with van der Waals surface area (Å²) in [5.41, 5.74) is 2.45. The molecule has 1 unspecified atom stereocenters. The van der Waals surface area contributed by atoms with Crippen LogP contribution in [0.5, 0.6) is 0 Å². The highest BCUT2D eigenvalue weighted by atomic mass is 35.5. The van der Waals surface area contributed by atoms with Gasteiger partial charge in [-0.1, -0.05) is 24.6 Å². The first-order valence-corrected chi connectivity index (χ1v) is 5.55. The third-order valence-corrected chi connectivity index (χ3v) is 2.63. The minimum atomic E-state index is 0.247. The highest BCUT2D eigenvalue weighted by Crippen LogP contribution is 2.21. The number of ether oxygens (including phenoxy) is 1. The average molecular weight is 228 g/mol. The molecule has 0 radical (unpaired) electrons. The van der Waals surface area contributed by atoms with E-state index in [1.54, 1.807) is 7.11 Å². The smallest absolute Gasteiger partial charge is 0.0657 e. The van der Waals surface area contributed by atoms with E-state index in [4.69, 9.17) is 16.3 Å². The number of hydrogen-bond donors (Lipinski definition) is 1. The van der Waals surface area contributed by atoms with Crippen LogP contribution in [0.2, 0.25) is 5.02 Å². The van der Waals surface area contributed by atoms with Crippen molar-refractivity contribution in [1.82, 2.24) is 5.32 Å². The van der Waals surface area contributed by atoms with E-state index < -0.39 is 0 Å². The summed E-state index contributed by atoms with van der Waals surface area (Å²) in [6.45, 7) is 5.77. The molecule has 2 nitrogen and oxygen atoms in total. The SMILES string of the molecule is CCNC(COC)c1ccc(Cl)cc1C. The maximum Gasteiger partial charge on any atom is 0.0657 e. The largest absolute Gasteiger partial charge is 0.383 e. The molecule has 0 aliphatic heterocycles. The van der Waals surface area contributed by atoms with Crippen LogP contribution in [0.25, 0.3) is 0 Å². The number of methoxy groups -OCH3 is 1. The second-order valence-electron chi connectivity index (χ2n) is 3.57. The van der Waals surface area contributed by atoms with E-state index in [0.29, 0.717) is 6.61 Å². The zero-order valence-electron chi connectivity index (χ0n) is 9.51. The van der Waals surface area contributed by atoms with Gasteiger partial charge in [0, 0.05) is 12.1 Å². The van der Waals surface area contributed by atoms with Gasteiger partial charge in [-0.2, -0.15) is 0 Å². The van der Waals surface area contributed by atoms with E-state index in [9.17, 15) is 0 Å². The summed E-state index contributed by atoms with van der Waals surface area (Å²) in [5, 5.41) is 4.17. The topological polar surface area (TPSA) is 21.3 Å². The van der Waals surface area contributed by atoms with E-state index in [2.05, 4.69) is 25.2 Å². The quantitative estimate of drug-likeness (QED) is 0.835. The standard InChI is InChI=1S/C12H18ClNO/c1-4-14-12(8-15-3)11-6-5-10(13)7-9(11)2/h5-7,12,14H,4,8H2,1-3H3. The molecule has 15 heavy (non-hydrogen) atoms. The van der Waals surface area contributed by atoms with E-state index >= 15 is 0 Å². The maximum absolute atomic E-state index is 5.92. The third-order valence-electron chi connectivity index (χ3n) is 2.39. The molecule has 1 N–H and O–H groups in total. The van der Waals surface area contributed by atoms with Crippen molar-refractivity contribution in [3.63, 3.8) is 0 Å². The monoisotopic (exact) mass is 227 g/mol. The number of halogens is 1. The Labute approximate surface area is 96.6 Å². The number of aryl methyl sites for hydroxylation is 1. The number of benzene rings is 1. The first kappa shape index (κ1) is 12.5. The predicted molar refractivity (Wildman–Crippen MR) is 64.5 cm³/mol. The van der Waals surface area contributed by atoms with Gasteiger partial charge in [0.2, 0.25) is 0 Å². The zero-order chi connectivity index (χ0) is 11.3. The molecule has 0 amide bonds. The van der Waals surface area contributed by atoms with Crippen molar-refractivity contribution in [3.05, 3.63) is 34.3 Å². The van der Waals surface area contributed by atoms with Gasteiger partial charge in [-0.3, -0.25) is 0 Å². The molecule has 0 aliphatic rings.